The first-order valence-electron chi connectivity index (χ1n) is 5.40. The van der Waals surface area contributed by atoms with Gasteiger partial charge in [-0.05, 0) is 25.0 Å². The van der Waals surface area contributed by atoms with Gasteiger partial charge in [0.05, 0.1) is 6.42 Å². The Morgan fingerprint density at radius 2 is 2.25 bits per heavy atom. The second-order valence-electron chi connectivity index (χ2n) is 4.28. The van der Waals surface area contributed by atoms with Crippen LogP contribution in [0.15, 0.2) is 18.3 Å². The lowest BCUT2D eigenvalue weighted by Crippen LogP contribution is -2.28. The van der Waals surface area contributed by atoms with Crippen LogP contribution in [0.1, 0.15) is 26.0 Å². The van der Waals surface area contributed by atoms with Crippen LogP contribution in [0.25, 0.3) is 0 Å². The van der Waals surface area contributed by atoms with Gasteiger partial charge in [-0.2, -0.15) is 0 Å². The molecule has 1 aromatic rings. The molecular weight excluding hydrogens is 204 g/mol. The normalized spacial score (nSPS) is 12.5. The van der Waals surface area contributed by atoms with E-state index in [2.05, 4.69) is 10.3 Å². The van der Waals surface area contributed by atoms with E-state index in [1.54, 1.807) is 6.20 Å². The zero-order valence-electron chi connectivity index (χ0n) is 9.90. The van der Waals surface area contributed by atoms with E-state index in [1.165, 1.54) is 0 Å². The Morgan fingerprint density at radius 3 is 2.75 bits per heavy atom. The average molecular weight is 222 g/mol. The third-order valence-corrected chi connectivity index (χ3v) is 2.45. The number of carboxylic acids is 1. The fourth-order valence-corrected chi connectivity index (χ4v) is 1.49. The van der Waals surface area contributed by atoms with Gasteiger partial charge in [0.1, 0.15) is 0 Å². The number of pyridine rings is 1. The smallest absolute Gasteiger partial charge is 0.305 e. The van der Waals surface area contributed by atoms with E-state index in [0.717, 1.165) is 11.4 Å². The number of hydrogen-bond acceptors (Lipinski definition) is 3. The molecule has 0 radical (unpaired) electrons. The molecule has 0 aromatic carbocycles. The molecule has 4 nitrogen and oxygen atoms in total. The minimum Gasteiger partial charge on any atom is -0.481 e. The molecule has 0 fully saturated rings. The molecule has 4 heteroatoms. The molecule has 0 spiro atoms. The zero-order chi connectivity index (χ0) is 12.1. The summed E-state index contributed by atoms with van der Waals surface area (Å²) in [6, 6.07) is 3.71. The zero-order valence-corrected chi connectivity index (χ0v) is 9.90. The second-order valence-corrected chi connectivity index (χ2v) is 4.28. The minimum atomic E-state index is -0.781. The van der Waals surface area contributed by atoms with E-state index < -0.39 is 5.97 Å². The summed E-state index contributed by atoms with van der Waals surface area (Å²) in [7, 11) is 0. The van der Waals surface area contributed by atoms with Gasteiger partial charge in [0.25, 0.3) is 0 Å². The molecule has 1 rings (SSSR count). The molecule has 0 saturated heterocycles. The number of carboxylic acid groups (broad SMARTS) is 1. The summed E-state index contributed by atoms with van der Waals surface area (Å²) in [5.74, 6) is -0.512. The van der Waals surface area contributed by atoms with Crippen LogP contribution < -0.4 is 5.32 Å². The van der Waals surface area contributed by atoms with Crippen LogP contribution in [0.3, 0.4) is 0 Å². The molecule has 16 heavy (non-hydrogen) atoms. The van der Waals surface area contributed by atoms with E-state index in [4.69, 9.17) is 5.11 Å². The number of carbonyl (C=O) groups is 1. The number of hydrogen-bond donors (Lipinski definition) is 2. The van der Waals surface area contributed by atoms with E-state index in [1.807, 2.05) is 32.9 Å². The number of nitrogens with one attached hydrogen (secondary N) is 1. The van der Waals surface area contributed by atoms with Crippen molar-refractivity contribution in [2.24, 2.45) is 5.92 Å². The van der Waals surface area contributed by atoms with Crippen molar-refractivity contribution in [1.82, 2.24) is 4.98 Å². The van der Waals surface area contributed by atoms with Crippen molar-refractivity contribution in [2.45, 2.75) is 33.2 Å². The second kappa shape index (κ2) is 5.49. The van der Waals surface area contributed by atoms with Crippen LogP contribution in [-0.2, 0) is 4.79 Å². The molecule has 0 aliphatic carbocycles. The van der Waals surface area contributed by atoms with Crippen LogP contribution in [0.4, 0.5) is 5.69 Å². The van der Waals surface area contributed by atoms with Gasteiger partial charge < -0.3 is 10.4 Å². The number of aromatic nitrogens is 1. The minimum absolute atomic E-state index is 0.0562. The first kappa shape index (κ1) is 12.5. The van der Waals surface area contributed by atoms with Crippen molar-refractivity contribution in [1.29, 1.82) is 0 Å². The van der Waals surface area contributed by atoms with Crippen LogP contribution in [0.2, 0.25) is 0 Å². The molecule has 2 N–H and O–H groups in total. The first-order valence-corrected chi connectivity index (χ1v) is 5.40. The standard InChI is InChI=1S/C12H18N2O2/c1-8(2)11(7-12(15)16)14-10-4-5-13-9(3)6-10/h4-6,8,11H,7H2,1-3H3,(H,13,14)(H,15,16). The lowest BCUT2D eigenvalue weighted by Gasteiger charge is -2.21. The molecule has 1 heterocycles. The molecule has 0 aliphatic heterocycles. The van der Waals surface area contributed by atoms with Crippen molar-refractivity contribution < 1.29 is 9.90 Å². The van der Waals surface area contributed by atoms with Crippen molar-refractivity contribution in [3.63, 3.8) is 0 Å². The van der Waals surface area contributed by atoms with E-state index in [-0.39, 0.29) is 18.4 Å². The van der Waals surface area contributed by atoms with Crippen LogP contribution in [0, 0.1) is 12.8 Å². The maximum absolute atomic E-state index is 10.7. The molecule has 1 unspecified atom stereocenters. The number of anilines is 1. The summed E-state index contributed by atoms with van der Waals surface area (Å²) in [5.41, 5.74) is 1.84. The molecule has 1 atom stereocenters. The van der Waals surface area contributed by atoms with Crippen molar-refractivity contribution in [3.05, 3.63) is 24.0 Å². The lowest BCUT2D eigenvalue weighted by molar-refractivity contribution is -0.137. The van der Waals surface area contributed by atoms with Gasteiger partial charge in [0, 0.05) is 23.6 Å². The van der Waals surface area contributed by atoms with E-state index >= 15 is 0 Å². The van der Waals surface area contributed by atoms with E-state index in [0.29, 0.717) is 0 Å². The van der Waals surface area contributed by atoms with Gasteiger partial charge in [-0.3, -0.25) is 9.78 Å². The third kappa shape index (κ3) is 3.88. The van der Waals surface area contributed by atoms with E-state index in [9.17, 15) is 4.79 Å². The number of rotatable bonds is 5. The maximum atomic E-state index is 10.7. The first-order chi connectivity index (χ1) is 7.49. The third-order valence-electron chi connectivity index (χ3n) is 2.45. The highest BCUT2D eigenvalue weighted by molar-refractivity contribution is 5.68. The van der Waals surface area contributed by atoms with Gasteiger partial charge in [0.2, 0.25) is 0 Å². The summed E-state index contributed by atoms with van der Waals surface area (Å²) in [6.07, 6.45) is 1.84. The fraction of sp³-hybridized carbons (Fsp3) is 0.500. The Hall–Kier alpha value is -1.58. The summed E-state index contributed by atoms with van der Waals surface area (Å²) < 4.78 is 0. The summed E-state index contributed by atoms with van der Waals surface area (Å²) >= 11 is 0. The van der Waals surface area contributed by atoms with Crippen LogP contribution in [-0.4, -0.2) is 22.1 Å². The Kier molecular flexibility index (Phi) is 4.28. The van der Waals surface area contributed by atoms with Crippen molar-refractivity contribution in [2.75, 3.05) is 5.32 Å². The highest BCUT2D eigenvalue weighted by Gasteiger charge is 2.16. The number of aliphatic carboxylic acids is 1. The average Bonchev–Trinajstić information content (AvgIpc) is 2.15. The monoisotopic (exact) mass is 222 g/mol. The van der Waals surface area contributed by atoms with Gasteiger partial charge in [0.15, 0.2) is 0 Å². The van der Waals surface area contributed by atoms with Gasteiger partial charge in [-0.25, -0.2) is 0 Å². The summed E-state index contributed by atoms with van der Waals surface area (Å²) in [6.45, 7) is 5.93. The van der Waals surface area contributed by atoms with Crippen molar-refractivity contribution >= 4 is 11.7 Å². The molecule has 0 aliphatic rings. The molecule has 0 saturated carbocycles. The Morgan fingerprint density at radius 1 is 1.56 bits per heavy atom. The number of aryl methyl sites for hydroxylation is 1. The molecule has 88 valence electrons. The van der Waals surface area contributed by atoms with Crippen LogP contribution >= 0.6 is 0 Å². The SMILES string of the molecule is Cc1cc(NC(CC(=O)O)C(C)C)ccn1. The predicted octanol–water partition coefficient (Wildman–Crippen LogP) is 2.30. The molecule has 0 amide bonds. The topological polar surface area (TPSA) is 62.2 Å². The quantitative estimate of drug-likeness (QED) is 0.802. The molecule has 0 bridgehead atoms. The Bertz CT molecular complexity index is 364. The van der Waals surface area contributed by atoms with Crippen LogP contribution in [0.5, 0.6) is 0 Å². The molecular formula is C12H18N2O2. The Labute approximate surface area is 95.7 Å². The number of nitrogens with zero attached hydrogens (tertiary/aromatic N) is 1. The van der Waals surface area contributed by atoms with Crippen molar-refractivity contribution in [3.8, 4) is 0 Å². The highest BCUT2D eigenvalue weighted by atomic mass is 16.4. The lowest BCUT2D eigenvalue weighted by atomic mass is 10.0. The fourth-order valence-electron chi connectivity index (χ4n) is 1.49. The van der Waals surface area contributed by atoms with Gasteiger partial charge >= 0.3 is 5.97 Å². The van der Waals surface area contributed by atoms with Gasteiger partial charge in [-0.15, -0.1) is 0 Å². The molecule has 1 aromatic heterocycles. The highest BCUT2D eigenvalue weighted by Crippen LogP contribution is 2.15. The van der Waals surface area contributed by atoms with Gasteiger partial charge in [-0.1, -0.05) is 13.8 Å². The largest absolute Gasteiger partial charge is 0.481 e. The Balaban J connectivity index is 2.71. The predicted molar refractivity (Wildman–Crippen MR) is 63.5 cm³/mol. The maximum Gasteiger partial charge on any atom is 0.305 e. The summed E-state index contributed by atoms with van der Waals surface area (Å²) in [4.78, 5) is 14.8. The summed E-state index contributed by atoms with van der Waals surface area (Å²) in [5, 5.41) is 12.0.